The number of alkyl halides is 2. The minimum absolute atomic E-state index is 0.0127. The highest BCUT2D eigenvalue weighted by Gasteiger charge is 2.38. The van der Waals surface area contributed by atoms with Crippen LogP contribution in [0.4, 0.5) is 30.5 Å². The molecule has 16 nitrogen and oxygen atoms in total. The molecule has 2 aromatic heterocycles. The fourth-order valence-corrected chi connectivity index (χ4v) is 6.42. The van der Waals surface area contributed by atoms with E-state index in [0.29, 0.717) is 36.5 Å². The van der Waals surface area contributed by atoms with E-state index in [-0.39, 0.29) is 79.3 Å². The number of nitrogens with one attached hydrogen (secondary N) is 4. The predicted molar refractivity (Wildman–Crippen MR) is 211 cm³/mol. The van der Waals surface area contributed by atoms with Crippen LogP contribution < -0.4 is 25.8 Å². The molecule has 2 aromatic carbocycles. The second-order valence-electron chi connectivity index (χ2n) is 14.5. The molecule has 0 spiro atoms. The highest BCUT2D eigenvalue weighted by molar-refractivity contribution is 8.00. The van der Waals surface area contributed by atoms with Gasteiger partial charge in [0.05, 0.1) is 38.2 Å². The molecule has 0 unspecified atom stereocenters. The third-order valence-corrected chi connectivity index (χ3v) is 9.54. The summed E-state index contributed by atoms with van der Waals surface area (Å²) in [6.45, 7) is 8.71. The molecule has 58 heavy (non-hydrogen) atoms. The van der Waals surface area contributed by atoms with E-state index in [1.807, 2.05) is 20.8 Å². The number of nitrogens with zero attached hydrogens (tertiary/aromatic N) is 4. The number of β-amino-alcohol motifs (C(OH)–C–C–N with tert-alkyl or cyclic N) is 1. The van der Waals surface area contributed by atoms with E-state index in [1.165, 1.54) is 24.3 Å². The lowest BCUT2D eigenvalue weighted by Crippen LogP contribution is -2.55. The average Bonchev–Trinajstić information content (AvgIpc) is 3.92. The summed E-state index contributed by atoms with van der Waals surface area (Å²) in [6.07, 6.45) is 1.04. The van der Waals surface area contributed by atoms with Gasteiger partial charge in [-0.2, -0.15) is 19.0 Å². The van der Waals surface area contributed by atoms with Crippen LogP contribution in [0, 0.1) is 11.2 Å². The van der Waals surface area contributed by atoms with Gasteiger partial charge in [0, 0.05) is 42.9 Å². The van der Waals surface area contributed by atoms with Crippen molar-refractivity contribution in [2.45, 2.75) is 64.7 Å². The van der Waals surface area contributed by atoms with Crippen molar-refractivity contribution in [2.24, 2.45) is 11.1 Å². The monoisotopic (exact) mass is 831 g/mol. The highest BCUT2D eigenvalue weighted by Crippen LogP contribution is 2.38. The van der Waals surface area contributed by atoms with Gasteiger partial charge in [-0.1, -0.05) is 39.0 Å². The number of benzene rings is 2. The van der Waals surface area contributed by atoms with Crippen LogP contribution in [0.3, 0.4) is 0 Å². The van der Waals surface area contributed by atoms with Gasteiger partial charge >= 0.3 is 5.76 Å². The van der Waals surface area contributed by atoms with E-state index in [4.69, 9.17) is 19.9 Å². The number of primary amides is 1. The van der Waals surface area contributed by atoms with E-state index < -0.39 is 47.1 Å². The molecule has 0 radical (unpaired) electrons. The molecule has 0 saturated carbocycles. The first-order valence-corrected chi connectivity index (χ1v) is 19.3. The summed E-state index contributed by atoms with van der Waals surface area (Å²) in [5.41, 5.74) is 6.69. The minimum atomic E-state index is -2.71. The Kier molecular flexibility index (Phi) is 15.0. The predicted octanol–water partition coefficient (Wildman–Crippen LogP) is 4.83. The summed E-state index contributed by atoms with van der Waals surface area (Å²) < 4.78 is 61.0. The summed E-state index contributed by atoms with van der Waals surface area (Å²) in [4.78, 5) is 39.9. The van der Waals surface area contributed by atoms with Gasteiger partial charge in [-0.15, -0.1) is 0 Å². The van der Waals surface area contributed by atoms with E-state index in [0.717, 1.165) is 0 Å². The number of H-pyrrole nitrogens is 1. The van der Waals surface area contributed by atoms with Crippen molar-refractivity contribution in [3.05, 3.63) is 71.7 Å². The SMILES string of the molecule is C[C@H](Oc1cc(-c2n[nH]c(Nc3ccn(CCOCCOCC(=O)N[C@H](C(=O)N4CC[C@@H](O)C4)C(C)(C)C)n3)c2C(N)=O)ccc1NSC(F)F)c1ccc(F)cc1. The first-order valence-electron chi connectivity index (χ1n) is 18.5. The van der Waals surface area contributed by atoms with Crippen molar-refractivity contribution in [3.63, 3.8) is 0 Å². The molecule has 20 heteroatoms. The Morgan fingerprint density at radius 3 is 2.50 bits per heavy atom. The number of aromatic amines is 1. The summed E-state index contributed by atoms with van der Waals surface area (Å²) in [5.74, 6) is -3.90. The number of carbonyl (C=O) groups is 3. The molecule has 5 rings (SSSR count). The van der Waals surface area contributed by atoms with E-state index >= 15 is 0 Å². The van der Waals surface area contributed by atoms with Crippen LogP contribution in [0.15, 0.2) is 54.7 Å². The van der Waals surface area contributed by atoms with Crippen molar-refractivity contribution >= 4 is 47.0 Å². The zero-order valence-electron chi connectivity index (χ0n) is 32.5. The van der Waals surface area contributed by atoms with Gasteiger partial charge in [0.2, 0.25) is 11.8 Å². The number of aliphatic hydroxyl groups is 1. The molecule has 4 aromatic rings. The number of anilines is 3. The maximum absolute atomic E-state index is 13.5. The normalized spacial score (nSPS) is 15.3. The zero-order valence-corrected chi connectivity index (χ0v) is 33.3. The summed E-state index contributed by atoms with van der Waals surface area (Å²) >= 11 is 0.187. The Hall–Kier alpha value is -5.31. The Morgan fingerprint density at radius 2 is 1.83 bits per heavy atom. The van der Waals surface area contributed by atoms with Gasteiger partial charge in [0.15, 0.2) is 5.82 Å². The number of halogens is 3. The lowest BCUT2D eigenvalue weighted by Gasteiger charge is -2.33. The molecule has 3 amide bonds. The van der Waals surface area contributed by atoms with E-state index in [2.05, 4.69) is 30.7 Å². The van der Waals surface area contributed by atoms with Gasteiger partial charge < -0.3 is 45.3 Å². The minimum Gasteiger partial charge on any atom is -0.484 e. The number of nitrogens with two attached hydrogens (primary N) is 1. The number of hydrogen-bond donors (Lipinski definition) is 6. The Morgan fingerprint density at radius 1 is 1.09 bits per heavy atom. The van der Waals surface area contributed by atoms with Crippen molar-refractivity contribution in [2.75, 3.05) is 49.6 Å². The van der Waals surface area contributed by atoms with Gasteiger partial charge in [-0.05, 0) is 48.6 Å². The Bertz CT molecular complexity index is 2010. The molecular formula is C38H48F3N9O7S. The van der Waals surface area contributed by atoms with Crippen molar-refractivity contribution in [1.29, 1.82) is 0 Å². The first kappa shape index (κ1) is 43.8. The molecule has 314 valence electrons. The van der Waals surface area contributed by atoms with Crippen LogP contribution in [0.25, 0.3) is 11.3 Å². The second-order valence-corrected chi connectivity index (χ2v) is 15.3. The van der Waals surface area contributed by atoms with E-state index in [1.54, 1.807) is 47.0 Å². The third-order valence-electron chi connectivity index (χ3n) is 9.03. The van der Waals surface area contributed by atoms with Crippen molar-refractivity contribution in [3.8, 4) is 17.0 Å². The van der Waals surface area contributed by atoms with Crippen LogP contribution in [-0.2, 0) is 25.6 Å². The molecule has 1 aliphatic rings. The van der Waals surface area contributed by atoms with Crippen LogP contribution in [0.5, 0.6) is 5.75 Å². The smallest absolute Gasteiger partial charge is 0.302 e. The van der Waals surface area contributed by atoms with E-state index in [9.17, 15) is 32.7 Å². The van der Waals surface area contributed by atoms with Gasteiger partial charge in [0.1, 0.15) is 47.4 Å². The van der Waals surface area contributed by atoms with Crippen molar-refractivity contribution < 1.29 is 46.9 Å². The van der Waals surface area contributed by atoms with Crippen LogP contribution >= 0.6 is 11.9 Å². The van der Waals surface area contributed by atoms with Gasteiger partial charge in [-0.25, -0.2) is 4.39 Å². The molecule has 1 saturated heterocycles. The first-order chi connectivity index (χ1) is 27.6. The molecule has 3 heterocycles. The van der Waals surface area contributed by atoms with Gasteiger partial charge in [0.25, 0.3) is 5.91 Å². The quantitative estimate of drug-likeness (QED) is 0.0523. The summed E-state index contributed by atoms with van der Waals surface area (Å²) in [5, 5.41) is 27.1. The number of ether oxygens (including phenoxy) is 3. The second kappa shape index (κ2) is 19.9. The third kappa shape index (κ3) is 12.1. The van der Waals surface area contributed by atoms with Crippen LogP contribution in [0.2, 0.25) is 0 Å². The molecule has 7 N–H and O–H groups in total. The highest BCUT2D eigenvalue weighted by atomic mass is 32.2. The zero-order chi connectivity index (χ0) is 42.0. The number of carbonyl (C=O) groups excluding carboxylic acids is 3. The number of rotatable bonds is 20. The summed E-state index contributed by atoms with van der Waals surface area (Å²) in [7, 11) is 0. The number of likely N-dealkylation sites (tertiary alicyclic amines) is 1. The van der Waals surface area contributed by atoms with Crippen LogP contribution in [0.1, 0.15) is 56.1 Å². The lowest BCUT2D eigenvalue weighted by atomic mass is 9.85. The molecule has 1 aliphatic heterocycles. The number of aromatic nitrogens is 4. The lowest BCUT2D eigenvalue weighted by molar-refractivity contribution is -0.140. The number of hydrogen-bond acceptors (Lipinski definition) is 12. The molecule has 0 bridgehead atoms. The molecule has 1 fully saturated rings. The maximum atomic E-state index is 13.5. The van der Waals surface area contributed by atoms with Gasteiger partial charge in [-0.3, -0.25) is 24.2 Å². The maximum Gasteiger partial charge on any atom is 0.302 e. The standard InChI is InChI=1S/C38H48F3N9O7S/c1-22(23-5-8-25(39)9-6-23)57-28-19-24(7-10-27(28)48-58-37(40)41)32-31(34(42)53)35(46-45-32)43-29-12-14-50(47-29)15-16-55-17-18-56-21-30(52)44-33(38(2,3)4)36(54)49-13-11-26(51)20-49/h5-10,12,14,19,22,26,33,37,48,51H,11,13,15-18,20-21H2,1-4H3,(H2,42,53)(H,44,52)(H2,43,45,46,47)/t22-,26+,33+/m0/s1. The van der Waals surface area contributed by atoms with Crippen molar-refractivity contribution in [1.82, 2.24) is 30.2 Å². The summed E-state index contributed by atoms with van der Waals surface area (Å²) in [6, 6.07) is 11.2. The Labute approximate surface area is 337 Å². The topological polar surface area (TPSA) is 211 Å². The number of aliphatic hydroxyl groups excluding tert-OH is 1. The molecular weight excluding hydrogens is 784 g/mol. The molecule has 0 aliphatic carbocycles. The Balaban J connectivity index is 1.12. The fraction of sp³-hybridized carbons (Fsp3) is 0.447. The fourth-order valence-electron chi connectivity index (χ4n) is 6.03. The van der Waals surface area contributed by atoms with Crippen LogP contribution in [-0.4, -0.2) is 105 Å². The number of amides is 3. The average molecular weight is 832 g/mol. The molecule has 3 atom stereocenters. The largest absolute Gasteiger partial charge is 0.484 e.